The molecular formula is C17H21N5O3. The van der Waals surface area contributed by atoms with Crippen LogP contribution in [0.3, 0.4) is 0 Å². The zero-order valence-electron chi connectivity index (χ0n) is 14.3. The van der Waals surface area contributed by atoms with Crippen molar-refractivity contribution in [1.29, 1.82) is 0 Å². The molecule has 1 fully saturated rings. The highest BCUT2D eigenvalue weighted by Gasteiger charge is 2.32. The van der Waals surface area contributed by atoms with Gasteiger partial charge in [0.25, 0.3) is 5.91 Å². The number of hydrogen-bond donors (Lipinski definition) is 2. The summed E-state index contributed by atoms with van der Waals surface area (Å²) in [6, 6.07) is 7.41. The highest BCUT2D eigenvalue weighted by Crippen LogP contribution is 2.19. The summed E-state index contributed by atoms with van der Waals surface area (Å²) in [5, 5.41) is 10.4. The molecule has 1 aliphatic rings. The number of hydrogen-bond acceptors (Lipinski definition) is 4. The average molecular weight is 343 g/mol. The Labute approximate surface area is 145 Å². The summed E-state index contributed by atoms with van der Waals surface area (Å²) in [6.45, 7) is 2.80. The fraction of sp³-hybridized carbons (Fsp3) is 0.412. The number of fused-ring (bicyclic) bond motifs is 1. The number of rotatable bonds is 2. The molecule has 132 valence electrons. The summed E-state index contributed by atoms with van der Waals surface area (Å²) in [5.74, 6) is -0.992. The predicted molar refractivity (Wildman–Crippen MR) is 91.8 cm³/mol. The molecule has 8 heteroatoms. The van der Waals surface area contributed by atoms with Crippen LogP contribution in [0, 0.1) is 5.92 Å². The van der Waals surface area contributed by atoms with E-state index in [-0.39, 0.29) is 24.3 Å². The van der Waals surface area contributed by atoms with Gasteiger partial charge in [0.15, 0.2) is 5.69 Å². The standard InChI is InChI=1S/C17H21N5O3/c1-11(23)21-7-8-22(10-12(9-21)16(24)18-2)17(25)15-13-5-3-4-6-14(13)19-20-15/h3-6,12H,7-10H2,1-2H3,(H,18,24)(H,19,20)/t12-/m0/s1. The molecule has 3 rings (SSSR count). The minimum absolute atomic E-state index is 0.103. The number of aromatic amines is 1. The van der Waals surface area contributed by atoms with Crippen molar-refractivity contribution < 1.29 is 14.4 Å². The second-order valence-corrected chi connectivity index (χ2v) is 6.15. The third-order valence-corrected chi connectivity index (χ3v) is 4.54. The Kier molecular flexibility index (Phi) is 4.69. The van der Waals surface area contributed by atoms with Gasteiger partial charge in [0.1, 0.15) is 0 Å². The molecule has 0 bridgehead atoms. The quantitative estimate of drug-likeness (QED) is 0.815. The maximum Gasteiger partial charge on any atom is 0.275 e. The maximum atomic E-state index is 13.0. The first-order valence-electron chi connectivity index (χ1n) is 8.20. The number of aromatic nitrogens is 2. The molecule has 2 heterocycles. The highest BCUT2D eigenvalue weighted by atomic mass is 16.2. The number of amides is 3. The van der Waals surface area contributed by atoms with Crippen LogP contribution in [0.4, 0.5) is 0 Å². The Morgan fingerprint density at radius 2 is 1.84 bits per heavy atom. The Morgan fingerprint density at radius 3 is 2.56 bits per heavy atom. The van der Waals surface area contributed by atoms with Crippen LogP contribution in [0.25, 0.3) is 10.9 Å². The second-order valence-electron chi connectivity index (χ2n) is 6.15. The van der Waals surface area contributed by atoms with E-state index in [0.29, 0.717) is 25.3 Å². The molecule has 1 atom stereocenters. The summed E-state index contributed by atoms with van der Waals surface area (Å²) >= 11 is 0. The number of nitrogens with one attached hydrogen (secondary N) is 2. The smallest absolute Gasteiger partial charge is 0.275 e. The van der Waals surface area contributed by atoms with Gasteiger partial charge >= 0.3 is 0 Å². The van der Waals surface area contributed by atoms with Crippen LogP contribution in [0.1, 0.15) is 17.4 Å². The minimum atomic E-state index is -0.467. The van der Waals surface area contributed by atoms with Crippen LogP contribution in [-0.4, -0.2) is 70.9 Å². The largest absolute Gasteiger partial charge is 0.359 e. The molecule has 2 N–H and O–H groups in total. The molecule has 1 aromatic heterocycles. The van der Waals surface area contributed by atoms with Crippen molar-refractivity contribution in [3.63, 3.8) is 0 Å². The maximum absolute atomic E-state index is 13.0. The topological polar surface area (TPSA) is 98.4 Å². The van der Waals surface area contributed by atoms with Crippen molar-refractivity contribution >= 4 is 28.6 Å². The molecule has 2 aromatic rings. The third kappa shape index (κ3) is 3.33. The fourth-order valence-electron chi connectivity index (χ4n) is 3.13. The summed E-state index contributed by atoms with van der Waals surface area (Å²) in [5.41, 5.74) is 1.12. The molecular weight excluding hydrogens is 322 g/mol. The lowest BCUT2D eigenvalue weighted by molar-refractivity contribution is -0.130. The number of carbonyl (C=O) groups excluding carboxylic acids is 3. The lowest BCUT2D eigenvalue weighted by atomic mass is 10.1. The van der Waals surface area contributed by atoms with Gasteiger partial charge in [-0.2, -0.15) is 5.10 Å². The molecule has 25 heavy (non-hydrogen) atoms. The molecule has 0 unspecified atom stereocenters. The lowest BCUT2D eigenvalue weighted by Gasteiger charge is -2.22. The van der Waals surface area contributed by atoms with E-state index in [2.05, 4.69) is 15.5 Å². The van der Waals surface area contributed by atoms with Gasteiger partial charge in [-0.3, -0.25) is 19.5 Å². The van der Waals surface area contributed by atoms with E-state index < -0.39 is 5.92 Å². The van der Waals surface area contributed by atoms with Crippen molar-refractivity contribution in [2.75, 3.05) is 33.2 Å². The van der Waals surface area contributed by atoms with E-state index in [9.17, 15) is 14.4 Å². The third-order valence-electron chi connectivity index (χ3n) is 4.54. The number of para-hydroxylation sites is 1. The molecule has 3 amide bonds. The first kappa shape index (κ1) is 16.9. The normalized spacial score (nSPS) is 18.1. The van der Waals surface area contributed by atoms with Crippen molar-refractivity contribution in [2.45, 2.75) is 6.92 Å². The van der Waals surface area contributed by atoms with Gasteiger partial charge in [-0.25, -0.2) is 0 Å². The SMILES string of the molecule is CNC(=O)[C@H]1CN(C(C)=O)CCN(C(=O)c2n[nH]c3ccccc23)C1. The molecule has 8 nitrogen and oxygen atoms in total. The molecule has 0 spiro atoms. The van der Waals surface area contributed by atoms with Crippen molar-refractivity contribution in [2.24, 2.45) is 5.92 Å². The van der Waals surface area contributed by atoms with Crippen LogP contribution >= 0.6 is 0 Å². The van der Waals surface area contributed by atoms with Crippen LogP contribution in [-0.2, 0) is 9.59 Å². The summed E-state index contributed by atoms with van der Waals surface area (Å²) in [7, 11) is 1.55. The van der Waals surface area contributed by atoms with Gasteiger partial charge in [0.05, 0.1) is 11.4 Å². The van der Waals surface area contributed by atoms with Crippen LogP contribution in [0.5, 0.6) is 0 Å². The van der Waals surface area contributed by atoms with Crippen LogP contribution < -0.4 is 5.32 Å². The molecule has 0 saturated carbocycles. The van der Waals surface area contributed by atoms with Crippen molar-refractivity contribution in [3.05, 3.63) is 30.0 Å². The molecule has 1 aromatic carbocycles. The van der Waals surface area contributed by atoms with Gasteiger partial charge in [-0.1, -0.05) is 18.2 Å². The molecule has 0 aliphatic carbocycles. The lowest BCUT2D eigenvalue weighted by Crippen LogP contribution is -2.42. The summed E-state index contributed by atoms with van der Waals surface area (Å²) in [6.07, 6.45) is 0. The van der Waals surface area contributed by atoms with Gasteiger partial charge in [0.2, 0.25) is 11.8 Å². The summed E-state index contributed by atoms with van der Waals surface area (Å²) < 4.78 is 0. The molecule has 1 aliphatic heterocycles. The van der Waals surface area contributed by atoms with E-state index in [1.807, 2.05) is 24.3 Å². The van der Waals surface area contributed by atoms with Gasteiger partial charge in [-0.15, -0.1) is 0 Å². The Balaban J connectivity index is 1.88. The number of H-pyrrole nitrogens is 1. The van der Waals surface area contributed by atoms with E-state index >= 15 is 0 Å². The zero-order chi connectivity index (χ0) is 18.0. The van der Waals surface area contributed by atoms with E-state index in [1.165, 1.54) is 6.92 Å². The highest BCUT2D eigenvalue weighted by molar-refractivity contribution is 6.04. The Hall–Kier alpha value is -2.90. The molecule has 0 radical (unpaired) electrons. The van der Waals surface area contributed by atoms with E-state index in [1.54, 1.807) is 16.8 Å². The average Bonchev–Trinajstić information content (AvgIpc) is 2.91. The van der Waals surface area contributed by atoms with E-state index in [0.717, 1.165) is 10.9 Å². The van der Waals surface area contributed by atoms with Gasteiger partial charge in [0, 0.05) is 45.5 Å². The van der Waals surface area contributed by atoms with Crippen LogP contribution in [0.15, 0.2) is 24.3 Å². The van der Waals surface area contributed by atoms with Crippen LogP contribution in [0.2, 0.25) is 0 Å². The first-order chi connectivity index (χ1) is 12.0. The number of carbonyl (C=O) groups is 3. The number of nitrogens with zero attached hydrogens (tertiary/aromatic N) is 3. The van der Waals surface area contributed by atoms with E-state index in [4.69, 9.17) is 0 Å². The summed E-state index contributed by atoms with van der Waals surface area (Å²) in [4.78, 5) is 40.1. The van der Waals surface area contributed by atoms with Gasteiger partial charge < -0.3 is 15.1 Å². The fourth-order valence-corrected chi connectivity index (χ4v) is 3.13. The Bertz CT molecular complexity index is 815. The van der Waals surface area contributed by atoms with Crippen molar-refractivity contribution in [1.82, 2.24) is 25.3 Å². The number of benzene rings is 1. The van der Waals surface area contributed by atoms with Gasteiger partial charge in [-0.05, 0) is 6.07 Å². The minimum Gasteiger partial charge on any atom is -0.359 e. The van der Waals surface area contributed by atoms with Crippen molar-refractivity contribution in [3.8, 4) is 0 Å². The second kappa shape index (κ2) is 6.92. The predicted octanol–water partition coefficient (Wildman–Crippen LogP) is 0.229. The zero-order valence-corrected chi connectivity index (χ0v) is 14.3. The first-order valence-corrected chi connectivity index (χ1v) is 8.20. The monoisotopic (exact) mass is 343 g/mol. The Morgan fingerprint density at radius 1 is 1.16 bits per heavy atom. The molecule has 1 saturated heterocycles.